The topological polar surface area (TPSA) is 32.3 Å². The maximum atomic E-state index is 13.0. The molecule has 1 aromatic rings. The number of rotatable bonds is 2. The number of fused-ring (bicyclic) bond motifs is 1. The molecule has 16 heavy (non-hydrogen) atoms. The zero-order valence-electron chi connectivity index (χ0n) is 9.12. The van der Waals surface area contributed by atoms with Crippen molar-refractivity contribution in [3.63, 3.8) is 0 Å². The molecule has 2 aliphatic carbocycles. The van der Waals surface area contributed by atoms with E-state index >= 15 is 0 Å². The van der Waals surface area contributed by atoms with Gasteiger partial charge < -0.3 is 10.4 Å². The van der Waals surface area contributed by atoms with E-state index in [2.05, 4.69) is 5.32 Å². The first-order valence-corrected chi connectivity index (χ1v) is 5.95. The molecule has 0 spiro atoms. The van der Waals surface area contributed by atoms with Crippen LogP contribution < -0.4 is 5.32 Å². The molecule has 0 heterocycles. The Labute approximate surface area is 94.5 Å². The van der Waals surface area contributed by atoms with Crippen molar-refractivity contribution in [2.24, 2.45) is 0 Å². The zero-order valence-corrected chi connectivity index (χ0v) is 9.12. The minimum atomic E-state index is -0.140. The fourth-order valence-electron chi connectivity index (χ4n) is 2.77. The summed E-state index contributed by atoms with van der Waals surface area (Å²) in [6.45, 7) is 0. The molecule has 0 aromatic heterocycles. The van der Waals surface area contributed by atoms with Gasteiger partial charge in [0.15, 0.2) is 0 Å². The van der Waals surface area contributed by atoms with Crippen LogP contribution in [0.2, 0.25) is 0 Å². The first-order chi connectivity index (χ1) is 7.72. The summed E-state index contributed by atoms with van der Waals surface area (Å²) >= 11 is 0. The molecule has 86 valence electrons. The van der Waals surface area contributed by atoms with Crippen LogP contribution >= 0.6 is 0 Å². The molecule has 1 fully saturated rings. The second kappa shape index (κ2) is 3.82. The van der Waals surface area contributed by atoms with Crippen molar-refractivity contribution in [3.05, 3.63) is 35.1 Å². The van der Waals surface area contributed by atoms with E-state index in [0.717, 1.165) is 31.2 Å². The molecule has 3 heteroatoms. The monoisotopic (exact) mass is 221 g/mol. The van der Waals surface area contributed by atoms with Gasteiger partial charge in [0.1, 0.15) is 5.82 Å². The first-order valence-electron chi connectivity index (χ1n) is 5.95. The van der Waals surface area contributed by atoms with Gasteiger partial charge >= 0.3 is 0 Å². The Hall–Kier alpha value is -0.930. The van der Waals surface area contributed by atoms with E-state index in [1.807, 2.05) is 6.07 Å². The van der Waals surface area contributed by atoms with Crippen LogP contribution in [0.4, 0.5) is 4.39 Å². The van der Waals surface area contributed by atoms with E-state index in [1.54, 1.807) is 6.07 Å². The van der Waals surface area contributed by atoms with Gasteiger partial charge in [0.05, 0.1) is 6.10 Å². The molecule has 2 nitrogen and oxygen atoms in total. The van der Waals surface area contributed by atoms with E-state index in [-0.39, 0.29) is 11.9 Å². The smallest absolute Gasteiger partial charge is 0.123 e. The van der Waals surface area contributed by atoms with Crippen molar-refractivity contribution in [1.82, 2.24) is 5.32 Å². The molecule has 1 atom stereocenters. The van der Waals surface area contributed by atoms with Crippen LogP contribution in [0.25, 0.3) is 0 Å². The van der Waals surface area contributed by atoms with Crippen LogP contribution in [0.3, 0.4) is 0 Å². The number of aliphatic hydroxyl groups is 1. The molecule has 0 radical (unpaired) electrons. The Bertz CT molecular complexity index is 401. The summed E-state index contributed by atoms with van der Waals surface area (Å²) in [7, 11) is 0. The van der Waals surface area contributed by atoms with Gasteiger partial charge in [-0.1, -0.05) is 6.07 Å². The van der Waals surface area contributed by atoms with E-state index < -0.39 is 0 Å². The van der Waals surface area contributed by atoms with Gasteiger partial charge in [-0.25, -0.2) is 4.39 Å². The maximum Gasteiger partial charge on any atom is 0.123 e. The summed E-state index contributed by atoms with van der Waals surface area (Å²) in [5.74, 6) is -0.140. The van der Waals surface area contributed by atoms with E-state index in [9.17, 15) is 9.50 Å². The van der Waals surface area contributed by atoms with Gasteiger partial charge in [0.25, 0.3) is 0 Å². The number of aliphatic hydroxyl groups excluding tert-OH is 1. The number of aryl methyl sites for hydroxylation is 1. The van der Waals surface area contributed by atoms with Gasteiger partial charge in [-0.05, 0) is 48.9 Å². The van der Waals surface area contributed by atoms with Crippen molar-refractivity contribution in [2.75, 3.05) is 0 Å². The molecular formula is C13H16FNO. The largest absolute Gasteiger partial charge is 0.393 e. The van der Waals surface area contributed by atoms with Crippen LogP contribution in [0.1, 0.15) is 36.4 Å². The van der Waals surface area contributed by atoms with Crippen molar-refractivity contribution in [1.29, 1.82) is 0 Å². The molecule has 1 unspecified atom stereocenters. The molecule has 2 aliphatic rings. The average molecular weight is 221 g/mol. The fraction of sp³-hybridized carbons (Fsp3) is 0.538. The lowest BCUT2D eigenvalue weighted by Crippen LogP contribution is -2.45. The summed E-state index contributed by atoms with van der Waals surface area (Å²) < 4.78 is 13.0. The summed E-state index contributed by atoms with van der Waals surface area (Å²) in [4.78, 5) is 0. The Balaban J connectivity index is 1.71. The molecule has 1 saturated carbocycles. The van der Waals surface area contributed by atoms with Gasteiger partial charge in [-0.2, -0.15) is 0 Å². The predicted molar refractivity (Wildman–Crippen MR) is 59.6 cm³/mol. The lowest BCUT2D eigenvalue weighted by Gasteiger charge is -2.34. The van der Waals surface area contributed by atoms with E-state index in [1.165, 1.54) is 11.6 Å². The molecular weight excluding hydrogens is 205 g/mol. The summed E-state index contributed by atoms with van der Waals surface area (Å²) in [6, 6.07) is 5.87. The van der Waals surface area contributed by atoms with Crippen LogP contribution in [0.5, 0.6) is 0 Å². The molecule has 0 bridgehead atoms. The van der Waals surface area contributed by atoms with Crippen molar-refractivity contribution in [2.45, 2.75) is 43.9 Å². The molecule has 0 saturated heterocycles. The normalized spacial score (nSPS) is 32.2. The molecule has 2 N–H and O–H groups in total. The highest BCUT2D eigenvalue weighted by atomic mass is 19.1. The number of benzene rings is 1. The van der Waals surface area contributed by atoms with Crippen molar-refractivity contribution >= 4 is 0 Å². The average Bonchev–Trinajstić information content (AvgIpc) is 2.58. The molecule has 1 aromatic carbocycles. The van der Waals surface area contributed by atoms with Crippen molar-refractivity contribution < 1.29 is 9.50 Å². The highest BCUT2D eigenvalue weighted by Gasteiger charge is 2.31. The molecule has 0 aliphatic heterocycles. The number of hydrogen-bond acceptors (Lipinski definition) is 2. The van der Waals surface area contributed by atoms with Crippen LogP contribution in [-0.2, 0) is 6.42 Å². The SMILES string of the molecule is OC1CC(NC2CCc3cc(F)ccc32)C1. The van der Waals surface area contributed by atoms with Crippen LogP contribution in [0, 0.1) is 5.82 Å². The summed E-state index contributed by atoms with van der Waals surface area (Å²) in [6.07, 6.45) is 3.59. The lowest BCUT2D eigenvalue weighted by atomic mass is 9.88. The fourth-order valence-corrected chi connectivity index (χ4v) is 2.77. The molecule has 0 amide bonds. The number of halogens is 1. The third-order valence-corrected chi connectivity index (χ3v) is 3.73. The molecule has 3 rings (SSSR count). The van der Waals surface area contributed by atoms with E-state index in [0.29, 0.717) is 12.1 Å². The third kappa shape index (κ3) is 1.74. The number of nitrogens with one attached hydrogen (secondary N) is 1. The second-order valence-corrected chi connectivity index (χ2v) is 4.92. The minimum absolute atomic E-state index is 0.119. The highest BCUT2D eigenvalue weighted by molar-refractivity contribution is 5.35. The minimum Gasteiger partial charge on any atom is -0.393 e. The van der Waals surface area contributed by atoms with Crippen LogP contribution in [0.15, 0.2) is 18.2 Å². The lowest BCUT2D eigenvalue weighted by molar-refractivity contribution is 0.0577. The van der Waals surface area contributed by atoms with Crippen molar-refractivity contribution in [3.8, 4) is 0 Å². The first kappa shape index (κ1) is 10.2. The quantitative estimate of drug-likeness (QED) is 0.799. The third-order valence-electron chi connectivity index (χ3n) is 3.73. The highest BCUT2D eigenvalue weighted by Crippen LogP contribution is 2.33. The Kier molecular flexibility index (Phi) is 2.45. The van der Waals surface area contributed by atoms with E-state index in [4.69, 9.17) is 0 Å². The Morgan fingerprint density at radius 2 is 2.12 bits per heavy atom. The number of hydrogen-bond donors (Lipinski definition) is 2. The standard InChI is InChI=1S/C13H16FNO/c14-9-2-3-12-8(5-9)1-4-13(12)15-10-6-11(16)7-10/h2-3,5,10-11,13,15-16H,1,4,6-7H2. The van der Waals surface area contributed by atoms with Gasteiger partial charge in [0, 0.05) is 12.1 Å². The summed E-state index contributed by atoms with van der Waals surface area (Å²) in [5, 5.41) is 12.8. The Morgan fingerprint density at radius 3 is 2.88 bits per heavy atom. The Morgan fingerprint density at radius 1 is 1.31 bits per heavy atom. The van der Waals surface area contributed by atoms with Gasteiger partial charge in [-0.3, -0.25) is 0 Å². The summed E-state index contributed by atoms with van der Waals surface area (Å²) in [5.41, 5.74) is 2.38. The predicted octanol–water partition coefficient (Wildman–Crippen LogP) is 1.93. The van der Waals surface area contributed by atoms with Gasteiger partial charge in [0.2, 0.25) is 0 Å². The zero-order chi connectivity index (χ0) is 11.1. The van der Waals surface area contributed by atoms with Crippen LogP contribution in [-0.4, -0.2) is 17.3 Å². The second-order valence-electron chi connectivity index (χ2n) is 4.92. The maximum absolute atomic E-state index is 13.0. The van der Waals surface area contributed by atoms with Gasteiger partial charge in [-0.15, -0.1) is 0 Å².